The van der Waals surface area contributed by atoms with Crippen LogP contribution < -0.4 is 10.6 Å². The van der Waals surface area contributed by atoms with Crippen molar-refractivity contribution in [3.05, 3.63) is 41.0 Å². The van der Waals surface area contributed by atoms with E-state index in [0.717, 1.165) is 21.7 Å². The molecule has 1 aliphatic rings. The summed E-state index contributed by atoms with van der Waals surface area (Å²) in [6.07, 6.45) is -0.822. The quantitative estimate of drug-likeness (QED) is 0.343. The van der Waals surface area contributed by atoms with Crippen LogP contribution in [0.2, 0.25) is 0 Å². The summed E-state index contributed by atoms with van der Waals surface area (Å²) in [5.74, 6) is -2.79. The van der Waals surface area contributed by atoms with Gasteiger partial charge < -0.3 is 30.5 Å². The van der Waals surface area contributed by atoms with Gasteiger partial charge in [-0.2, -0.15) is 0 Å². The van der Waals surface area contributed by atoms with Crippen molar-refractivity contribution in [3.63, 3.8) is 0 Å². The summed E-state index contributed by atoms with van der Waals surface area (Å²) in [5, 5.41) is 24.6. The van der Waals surface area contributed by atoms with Gasteiger partial charge >= 0.3 is 5.97 Å². The molecule has 0 bridgehead atoms. The molecule has 2 aromatic rings. The van der Waals surface area contributed by atoms with Gasteiger partial charge in [0, 0.05) is 13.0 Å². The van der Waals surface area contributed by atoms with Gasteiger partial charge in [0.25, 0.3) is 0 Å². The number of nitrogens with zero attached hydrogens (tertiary/aromatic N) is 2. The number of β-amino-alcohol motifs (C(OH)–C–C–N with tert-alkyl or cyclic N) is 1. The lowest BCUT2D eigenvalue weighted by Crippen LogP contribution is -2.58. The molecule has 0 aliphatic carbocycles. The van der Waals surface area contributed by atoms with Crippen molar-refractivity contribution >= 4 is 35.0 Å². The lowest BCUT2D eigenvalue weighted by Gasteiger charge is -2.35. The number of aryl methyl sites for hydroxylation is 1. The lowest BCUT2D eigenvalue weighted by atomic mass is 9.85. The van der Waals surface area contributed by atoms with Crippen LogP contribution in [-0.2, 0) is 23.9 Å². The van der Waals surface area contributed by atoms with E-state index in [0.29, 0.717) is 0 Å². The Hall–Kier alpha value is -3.35. The van der Waals surface area contributed by atoms with Crippen molar-refractivity contribution in [1.82, 2.24) is 20.5 Å². The molecule has 39 heavy (non-hydrogen) atoms. The van der Waals surface area contributed by atoms with E-state index in [4.69, 9.17) is 9.84 Å². The van der Waals surface area contributed by atoms with Gasteiger partial charge in [-0.05, 0) is 30.4 Å². The molecule has 0 saturated carbocycles. The van der Waals surface area contributed by atoms with Crippen molar-refractivity contribution in [2.45, 2.75) is 65.3 Å². The zero-order valence-corrected chi connectivity index (χ0v) is 23.6. The number of ether oxygens (including phenoxy) is 1. The molecule has 1 aliphatic heterocycles. The number of carbonyl (C=O) groups is 4. The van der Waals surface area contributed by atoms with Crippen molar-refractivity contribution in [3.8, 4) is 10.4 Å². The Morgan fingerprint density at radius 3 is 2.38 bits per heavy atom. The zero-order valence-electron chi connectivity index (χ0n) is 22.8. The second-order valence-electron chi connectivity index (χ2n) is 10.8. The summed E-state index contributed by atoms with van der Waals surface area (Å²) in [6, 6.07) is 5.52. The maximum atomic E-state index is 13.6. The minimum atomic E-state index is -1.22. The molecule has 3 rings (SSSR count). The molecule has 1 aromatic heterocycles. The molecule has 2 heterocycles. The number of benzene rings is 1. The van der Waals surface area contributed by atoms with E-state index >= 15 is 0 Å². The number of likely N-dealkylation sites (tertiary alicyclic amines) is 1. The van der Waals surface area contributed by atoms with E-state index in [2.05, 4.69) is 15.6 Å². The minimum absolute atomic E-state index is 0.0494. The average Bonchev–Trinajstić information content (AvgIpc) is 3.46. The number of amides is 3. The standard InChI is InChI=1S/C27H36N4O7S/c1-15(17-6-8-18(9-7-17)23-16(2)28-14-39-23)29-25(36)20-10-19(32)11-31(20)26(37)24(27(3,4)5)30-21(33)12-38-13-22(34)35/h6-9,14-15,19-20,24,32H,10-13H2,1-5H3,(H,29,36)(H,30,33)(H,34,35). The van der Waals surface area contributed by atoms with E-state index in [9.17, 15) is 24.3 Å². The number of aliphatic hydroxyl groups is 1. The van der Waals surface area contributed by atoms with Crippen LogP contribution in [0.3, 0.4) is 0 Å². The summed E-state index contributed by atoms with van der Waals surface area (Å²) in [4.78, 5) is 56.6. The summed E-state index contributed by atoms with van der Waals surface area (Å²) in [5.41, 5.74) is 3.94. The van der Waals surface area contributed by atoms with Crippen LogP contribution in [0.15, 0.2) is 29.8 Å². The Labute approximate surface area is 231 Å². The number of aliphatic hydroxyl groups excluding tert-OH is 1. The predicted molar refractivity (Wildman–Crippen MR) is 145 cm³/mol. The van der Waals surface area contributed by atoms with Gasteiger partial charge in [-0.1, -0.05) is 45.0 Å². The average molecular weight is 561 g/mol. The van der Waals surface area contributed by atoms with Crippen molar-refractivity contribution < 1.29 is 34.1 Å². The van der Waals surface area contributed by atoms with Crippen molar-refractivity contribution in [2.75, 3.05) is 19.8 Å². The number of aromatic nitrogens is 1. The third-order valence-electron chi connectivity index (χ3n) is 6.52. The topological polar surface area (TPSA) is 158 Å². The van der Waals surface area contributed by atoms with Crippen LogP contribution in [0.5, 0.6) is 0 Å². The maximum Gasteiger partial charge on any atom is 0.329 e. The van der Waals surface area contributed by atoms with Gasteiger partial charge in [-0.15, -0.1) is 11.3 Å². The number of nitrogens with one attached hydrogen (secondary N) is 2. The lowest BCUT2D eigenvalue weighted by molar-refractivity contribution is -0.146. The molecule has 11 nitrogen and oxygen atoms in total. The minimum Gasteiger partial charge on any atom is -0.480 e. The highest BCUT2D eigenvalue weighted by Crippen LogP contribution is 2.29. The Morgan fingerprint density at radius 1 is 1.15 bits per heavy atom. The number of aliphatic carboxylic acids is 1. The van der Waals surface area contributed by atoms with Gasteiger partial charge in [-0.25, -0.2) is 9.78 Å². The van der Waals surface area contributed by atoms with Gasteiger partial charge in [0.15, 0.2) is 0 Å². The summed E-state index contributed by atoms with van der Waals surface area (Å²) < 4.78 is 4.83. The number of hydrogen-bond donors (Lipinski definition) is 4. The molecule has 0 spiro atoms. The molecule has 1 fully saturated rings. The molecular weight excluding hydrogens is 524 g/mol. The van der Waals surface area contributed by atoms with Crippen LogP contribution in [-0.4, -0.2) is 81.7 Å². The SMILES string of the molecule is Cc1ncsc1-c1ccc(C(C)NC(=O)C2CC(O)CN2C(=O)C(NC(=O)COCC(=O)O)C(C)(C)C)cc1. The van der Waals surface area contributed by atoms with Crippen LogP contribution in [0.1, 0.15) is 51.4 Å². The summed E-state index contributed by atoms with van der Waals surface area (Å²) in [6.45, 7) is 7.85. The molecule has 1 aromatic carbocycles. The predicted octanol–water partition coefficient (Wildman–Crippen LogP) is 1.89. The second kappa shape index (κ2) is 12.7. The number of carbonyl (C=O) groups excluding carboxylic acids is 3. The van der Waals surface area contributed by atoms with E-state index in [1.807, 2.05) is 38.1 Å². The maximum absolute atomic E-state index is 13.6. The third-order valence-corrected chi connectivity index (χ3v) is 7.50. The van der Waals surface area contributed by atoms with Crippen LogP contribution in [0.25, 0.3) is 10.4 Å². The molecule has 4 unspecified atom stereocenters. The summed E-state index contributed by atoms with van der Waals surface area (Å²) >= 11 is 1.56. The van der Waals surface area contributed by atoms with Gasteiger partial charge in [0.2, 0.25) is 17.7 Å². The molecule has 0 radical (unpaired) electrons. The molecule has 12 heteroatoms. The molecule has 4 N–H and O–H groups in total. The fourth-order valence-corrected chi connectivity index (χ4v) is 5.26. The highest BCUT2D eigenvalue weighted by Gasteiger charge is 2.44. The molecule has 1 saturated heterocycles. The largest absolute Gasteiger partial charge is 0.480 e. The molecule has 3 amide bonds. The number of thiazole rings is 1. The third kappa shape index (κ3) is 7.84. The zero-order chi connectivity index (χ0) is 28.9. The highest BCUT2D eigenvalue weighted by atomic mass is 32.1. The number of carboxylic acid groups (broad SMARTS) is 1. The van der Waals surface area contributed by atoms with Crippen LogP contribution in [0.4, 0.5) is 0 Å². The Balaban J connectivity index is 1.69. The first kappa shape index (κ1) is 30.2. The number of hydrogen-bond acceptors (Lipinski definition) is 8. The smallest absolute Gasteiger partial charge is 0.329 e. The van der Waals surface area contributed by atoms with Crippen molar-refractivity contribution in [1.29, 1.82) is 0 Å². The monoisotopic (exact) mass is 560 g/mol. The van der Waals surface area contributed by atoms with E-state index < -0.39 is 60.5 Å². The Morgan fingerprint density at radius 2 is 1.82 bits per heavy atom. The van der Waals surface area contributed by atoms with Gasteiger partial charge in [0.1, 0.15) is 25.3 Å². The van der Waals surface area contributed by atoms with Crippen molar-refractivity contribution in [2.24, 2.45) is 5.41 Å². The van der Waals surface area contributed by atoms with Crippen LogP contribution >= 0.6 is 11.3 Å². The van der Waals surface area contributed by atoms with Gasteiger partial charge in [-0.3, -0.25) is 14.4 Å². The molecular formula is C27H36N4O7S. The fourth-order valence-electron chi connectivity index (χ4n) is 4.45. The van der Waals surface area contributed by atoms with E-state index in [1.165, 1.54) is 4.90 Å². The normalized spacial score (nSPS) is 18.9. The Bertz CT molecular complexity index is 1190. The molecule has 212 valence electrons. The van der Waals surface area contributed by atoms with Gasteiger partial charge in [0.05, 0.1) is 28.2 Å². The van der Waals surface area contributed by atoms with E-state index in [1.54, 1.807) is 37.6 Å². The first-order valence-electron chi connectivity index (χ1n) is 12.7. The summed E-state index contributed by atoms with van der Waals surface area (Å²) in [7, 11) is 0. The second-order valence-corrected chi connectivity index (χ2v) is 11.6. The number of rotatable bonds is 10. The Kier molecular flexibility index (Phi) is 9.81. The highest BCUT2D eigenvalue weighted by molar-refractivity contribution is 7.13. The van der Waals surface area contributed by atoms with Crippen LogP contribution in [0, 0.1) is 12.3 Å². The molecule has 4 atom stereocenters. The first-order valence-corrected chi connectivity index (χ1v) is 13.5. The fraction of sp³-hybridized carbons (Fsp3) is 0.519. The first-order chi connectivity index (χ1) is 18.3. The van der Waals surface area contributed by atoms with E-state index in [-0.39, 0.29) is 19.0 Å². The number of carboxylic acids is 1.